The highest BCUT2D eigenvalue weighted by molar-refractivity contribution is 6.06. The van der Waals surface area contributed by atoms with Gasteiger partial charge in [-0.15, -0.1) is 0 Å². The number of hydrogen-bond donors (Lipinski definition) is 12. The van der Waals surface area contributed by atoms with Gasteiger partial charge in [-0.05, 0) is 104 Å². The average Bonchev–Trinajstić information content (AvgIpc) is 1.08. The molecule has 0 unspecified atom stereocenters. The van der Waals surface area contributed by atoms with Crippen molar-refractivity contribution in [3.05, 3.63) is 155 Å². The van der Waals surface area contributed by atoms with E-state index in [1.54, 1.807) is 138 Å². The molecule has 39 nitrogen and oxygen atoms in total. The van der Waals surface area contributed by atoms with Crippen LogP contribution in [-0.4, -0.2) is 168 Å². The molecule has 10 aromatic rings. The van der Waals surface area contributed by atoms with Crippen molar-refractivity contribution in [1.29, 1.82) is 0 Å². The number of carbonyl (C=O) groups excluding carboxylic acids is 5. The zero-order valence-electron chi connectivity index (χ0n) is 54.5. The van der Waals surface area contributed by atoms with Gasteiger partial charge < -0.3 is 72.5 Å². The molecule has 0 aliphatic rings. The monoisotopic (exact) mass is 1360 g/mol. The van der Waals surface area contributed by atoms with E-state index in [1.165, 1.54) is 35.5 Å². The van der Waals surface area contributed by atoms with Gasteiger partial charge in [0.25, 0.3) is 29.5 Å². The number of nitrogen functional groups attached to an aromatic ring is 5. The Hall–Kier alpha value is -14.3. The van der Waals surface area contributed by atoms with Gasteiger partial charge in [-0.2, -0.15) is 74.8 Å². The molecule has 5 heterocycles. The van der Waals surface area contributed by atoms with Gasteiger partial charge in [0, 0.05) is 41.9 Å². The van der Waals surface area contributed by atoms with Crippen LogP contribution in [0.4, 0.5) is 71.4 Å². The van der Waals surface area contributed by atoms with E-state index in [4.69, 9.17) is 61.8 Å². The number of carbonyl (C=O) groups is 5. The van der Waals surface area contributed by atoms with Crippen molar-refractivity contribution in [3.8, 4) is 41.0 Å². The number of nitrogens with one attached hydrogen (secondary N) is 7. The molecule has 0 radical (unpaired) electrons. The Labute approximate surface area is 563 Å². The smallest absolute Gasteiger partial charge is 0.322 e. The van der Waals surface area contributed by atoms with Gasteiger partial charge in [-0.25, -0.2) is 0 Å². The SMILES string of the molecule is CNc1nc(N)nc(NC(=O)c2ccc(OC)cc2)n1.CNc1nc(N)nc(NC(=O)c2cccc(OC)c2)n1.COc1ccc(C(=O)Nc2nc(N)nc(OC)n2)cc1.COc1cccc(C(=O)Nc2nc(N)nc(OC)n2)c1.COc1nc(N)nc(NC(=O)c2ccc(C)cc2)n1. The van der Waals surface area contributed by atoms with Crippen molar-refractivity contribution >= 4 is 101 Å². The Morgan fingerprint density at radius 1 is 0.283 bits per heavy atom. The number of rotatable bonds is 19. The molecule has 0 atom stereocenters. The Morgan fingerprint density at radius 2 is 0.535 bits per heavy atom. The standard InChI is InChI=1S/2C12H14N6O2.2C12H13N5O3.C12H13N5O2/c1-14-11-16-10(13)17-12(18-11)15-9(19)7-3-5-8(20-2)6-4-7;1-14-11-16-10(13)17-12(18-11)15-9(19)7-4-3-5-8(6-7)20-2;1-19-8-5-3-7(4-6-8)9(18)14-11-15-10(13)16-12(17-11)20-2;1-19-8-5-3-4-7(6-8)9(18)14-11-15-10(13)16-12(17-11)20-2;1-7-3-5-8(6-4-7)9(18)14-11-15-10(13)16-12(17-11)19-2/h2*3-6H,1-2H3,(H4,13,14,15,16,17,18,19);2*3-6H,1-2H3,(H3,13,14,15,16,17,18);3-6H,1-2H3,(H3,13,14,15,16,17,18). The molecule has 0 saturated heterocycles. The first-order valence-electron chi connectivity index (χ1n) is 28.3. The summed E-state index contributed by atoms with van der Waals surface area (Å²) < 4.78 is 34.7. The fraction of sp³-hybridized carbons (Fsp3) is 0.167. The molecule has 0 fully saturated rings. The van der Waals surface area contributed by atoms with Gasteiger partial charge in [0.2, 0.25) is 71.4 Å². The molecular weight excluding hydrogens is 1290 g/mol. The lowest BCUT2D eigenvalue weighted by Crippen LogP contribution is -2.16. The zero-order chi connectivity index (χ0) is 72.0. The van der Waals surface area contributed by atoms with Crippen LogP contribution in [0.15, 0.2) is 121 Å². The van der Waals surface area contributed by atoms with Crippen LogP contribution in [0.5, 0.6) is 41.0 Å². The first-order chi connectivity index (χ1) is 47.6. The molecule has 0 bridgehead atoms. The number of nitrogens with zero attached hydrogens (tertiary/aromatic N) is 15. The first kappa shape index (κ1) is 73.7. The molecule has 514 valence electrons. The minimum atomic E-state index is -0.392. The van der Waals surface area contributed by atoms with Crippen molar-refractivity contribution in [2.24, 2.45) is 0 Å². The summed E-state index contributed by atoms with van der Waals surface area (Å²) in [5, 5.41) is 18.1. The summed E-state index contributed by atoms with van der Waals surface area (Å²) in [6.45, 7) is 1.94. The van der Waals surface area contributed by atoms with E-state index < -0.39 is 5.91 Å². The largest absolute Gasteiger partial charge is 0.497 e. The van der Waals surface area contributed by atoms with Gasteiger partial charge >= 0.3 is 18.0 Å². The second-order valence-electron chi connectivity index (χ2n) is 18.8. The van der Waals surface area contributed by atoms with Crippen molar-refractivity contribution in [2.75, 3.05) is 130 Å². The van der Waals surface area contributed by atoms with Crippen LogP contribution in [0, 0.1) is 6.92 Å². The third-order valence-corrected chi connectivity index (χ3v) is 12.0. The maximum atomic E-state index is 12.1. The molecule has 99 heavy (non-hydrogen) atoms. The number of benzene rings is 5. The summed E-state index contributed by atoms with van der Waals surface area (Å²) in [5.41, 5.74) is 30.8. The maximum absolute atomic E-state index is 12.1. The first-order valence-corrected chi connectivity index (χ1v) is 28.3. The Morgan fingerprint density at radius 3 is 0.808 bits per heavy atom. The van der Waals surface area contributed by atoms with Gasteiger partial charge in [-0.3, -0.25) is 50.6 Å². The highest BCUT2D eigenvalue weighted by atomic mass is 16.5. The number of ether oxygens (including phenoxy) is 7. The van der Waals surface area contributed by atoms with Crippen molar-refractivity contribution in [1.82, 2.24) is 74.8 Å². The number of aryl methyl sites for hydroxylation is 1. The molecule has 10 rings (SSSR count). The Balaban J connectivity index is 0.000000195. The lowest BCUT2D eigenvalue weighted by atomic mass is 10.1. The third kappa shape index (κ3) is 23.6. The molecule has 39 heteroatoms. The van der Waals surface area contributed by atoms with Crippen molar-refractivity contribution in [2.45, 2.75) is 6.92 Å². The fourth-order valence-electron chi connectivity index (χ4n) is 7.26. The van der Waals surface area contributed by atoms with E-state index in [0.29, 0.717) is 50.8 Å². The number of nitrogens with two attached hydrogens (primary N) is 5. The van der Waals surface area contributed by atoms with E-state index >= 15 is 0 Å². The Kier molecular flexibility index (Phi) is 27.4. The normalized spacial score (nSPS) is 9.92. The van der Waals surface area contributed by atoms with Crippen LogP contribution in [0.25, 0.3) is 0 Å². The van der Waals surface area contributed by atoms with Gasteiger partial charge in [0.1, 0.15) is 23.0 Å². The zero-order valence-corrected chi connectivity index (χ0v) is 54.5. The molecule has 5 aromatic carbocycles. The number of hydrogen-bond acceptors (Lipinski definition) is 34. The predicted molar refractivity (Wildman–Crippen MR) is 363 cm³/mol. The van der Waals surface area contributed by atoms with Gasteiger partial charge in [0.05, 0.1) is 49.8 Å². The highest BCUT2D eigenvalue weighted by Crippen LogP contribution is 2.20. The molecule has 0 spiro atoms. The van der Waals surface area contributed by atoms with Gasteiger partial charge in [0.15, 0.2) is 0 Å². The summed E-state index contributed by atoms with van der Waals surface area (Å²) in [6.07, 6.45) is 0. The van der Waals surface area contributed by atoms with Crippen LogP contribution in [0.2, 0.25) is 0 Å². The lowest BCUT2D eigenvalue weighted by molar-refractivity contribution is 0.101. The van der Waals surface area contributed by atoms with E-state index in [-0.39, 0.29) is 113 Å². The summed E-state index contributed by atoms with van der Waals surface area (Å²) in [4.78, 5) is 118. The van der Waals surface area contributed by atoms with E-state index in [2.05, 4.69) is 112 Å². The fourth-order valence-corrected chi connectivity index (χ4v) is 7.26. The average molecular weight is 1360 g/mol. The Bertz CT molecular complexity index is 4150. The molecule has 0 aliphatic carbocycles. The molecule has 17 N–H and O–H groups in total. The molecule has 5 amide bonds. The summed E-state index contributed by atoms with van der Waals surface area (Å²) in [7, 11) is 13.6. The molecular formula is C60H67N27O12. The van der Waals surface area contributed by atoms with Crippen LogP contribution >= 0.6 is 0 Å². The quantitative estimate of drug-likeness (QED) is 0.0544. The predicted octanol–water partition coefficient (Wildman–Crippen LogP) is 3.98. The maximum Gasteiger partial charge on any atom is 0.322 e. The van der Waals surface area contributed by atoms with Crippen molar-refractivity contribution < 1.29 is 57.1 Å². The van der Waals surface area contributed by atoms with Crippen LogP contribution in [0.3, 0.4) is 0 Å². The summed E-state index contributed by atoms with van der Waals surface area (Å²) in [5.74, 6) is 1.43. The molecule has 0 saturated carbocycles. The van der Waals surface area contributed by atoms with Crippen molar-refractivity contribution in [3.63, 3.8) is 0 Å². The van der Waals surface area contributed by atoms with E-state index in [0.717, 1.165) is 5.56 Å². The van der Waals surface area contributed by atoms with Crippen LogP contribution in [-0.2, 0) is 0 Å². The minimum absolute atomic E-state index is 0.0159. The highest BCUT2D eigenvalue weighted by Gasteiger charge is 2.16. The number of anilines is 12. The number of amides is 5. The van der Waals surface area contributed by atoms with E-state index in [1.807, 2.05) is 19.1 Å². The number of methoxy groups -OCH3 is 7. The third-order valence-electron chi connectivity index (χ3n) is 12.0. The second kappa shape index (κ2) is 36.8. The minimum Gasteiger partial charge on any atom is -0.497 e. The summed E-state index contributed by atoms with van der Waals surface area (Å²) >= 11 is 0. The van der Waals surface area contributed by atoms with E-state index in [9.17, 15) is 24.0 Å². The van der Waals surface area contributed by atoms with Crippen LogP contribution < -0.4 is 99.0 Å². The molecule has 5 aromatic heterocycles. The molecule has 0 aliphatic heterocycles. The lowest BCUT2D eigenvalue weighted by Gasteiger charge is -2.07. The van der Waals surface area contributed by atoms with Crippen LogP contribution in [0.1, 0.15) is 57.4 Å². The second-order valence-corrected chi connectivity index (χ2v) is 18.8. The number of aromatic nitrogens is 15. The topological polar surface area (TPSA) is 558 Å². The van der Waals surface area contributed by atoms with Gasteiger partial charge in [-0.1, -0.05) is 29.8 Å². The summed E-state index contributed by atoms with van der Waals surface area (Å²) in [6, 6.07) is 33.9.